The van der Waals surface area contributed by atoms with Gasteiger partial charge >= 0.3 is 6.03 Å². The van der Waals surface area contributed by atoms with Gasteiger partial charge in [0, 0.05) is 40.7 Å². The lowest BCUT2D eigenvalue weighted by Gasteiger charge is -2.23. The lowest BCUT2D eigenvalue weighted by Crippen LogP contribution is -2.41. The van der Waals surface area contributed by atoms with E-state index in [0.717, 1.165) is 65.9 Å². The molecule has 1 aliphatic carbocycles. The molecule has 0 spiro atoms. The fraction of sp³-hybridized carbons (Fsp3) is 0.297. The summed E-state index contributed by atoms with van der Waals surface area (Å²) < 4.78 is 3.94. The molecule has 6 rings (SSSR count). The number of pyridine rings is 2. The first-order valence-electron chi connectivity index (χ1n) is 15.8. The Hall–Kier alpha value is -4.82. The van der Waals surface area contributed by atoms with Crippen molar-refractivity contribution in [1.29, 1.82) is 0 Å². The molecule has 2 aromatic carbocycles. The maximum atomic E-state index is 13.5. The predicted molar refractivity (Wildman–Crippen MR) is 182 cm³/mol. The Labute approximate surface area is 265 Å². The molecule has 3 heterocycles. The molecule has 1 atom stereocenters. The number of carbonyl (C=O) groups is 1. The second-order valence-corrected chi connectivity index (χ2v) is 12.8. The third-order valence-electron chi connectivity index (χ3n) is 8.30. The number of carbonyl (C=O) groups excluding carboxylic acids is 1. The molecule has 5 aromatic rings. The van der Waals surface area contributed by atoms with Crippen LogP contribution in [0.25, 0.3) is 22.0 Å². The lowest BCUT2D eigenvalue weighted by atomic mass is 9.88. The number of amides is 2. The zero-order valence-electron chi connectivity index (χ0n) is 26.5. The predicted octanol–water partition coefficient (Wildman–Crippen LogP) is 7.18. The van der Waals surface area contributed by atoms with Crippen LogP contribution in [0.2, 0.25) is 0 Å². The molecule has 8 heteroatoms. The van der Waals surface area contributed by atoms with Crippen LogP contribution in [0.1, 0.15) is 57.0 Å². The van der Waals surface area contributed by atoms with E-state index in [4.69, 9.17) is 5.10 Å². The number of nitrogens with zero attached hydrogens (tertiary/aromatic N) is 4. The first-order chi connectivity index (χ1) is 21.7. The Balaban J connectivity index is 1.21. The number of aromatic nitrogens is 4. The molecule has 230 valence electrons. The minimum absolute atomic E-state index is 0.189. The van der Waals surface area contributed by atoms with E-state index in [1.54, 1.807) is 10.9 Å². The van der Waals surface area contributed by atoms with Gasteiger partial charge in [-0.05, 0) is 60.9 Å². The van der Waals surface area contributed by atoms with Gasteiger partial charge in [0.1, 0.15) is 5.82 Å². The number of allylic oxidation sites excluding steroid dienone is 1. The Kier molecular flexibility index (Phi) is 8.76. The fourth-order valence-corrected chi connectivity index (χ4v) is 5.85. The van der Waals surface area contributed by atoms with Gasteiger partial charge in [0.25, 0.3) is 0 Å². The summed E-state index contributed by atoms with van der Waals surface area (Å²) in [5, 5.41) is 16.8. The number of nitrogens with one attached hydrogen (secondary N) is 3. The molecule has 0 aliphatic heterocycles. The van der Waals surface area contributed by atoms with E-state index >= 15 is 0 Å². The number of aryl methyl sites for hydroxylation is 1. The summed E-state index contributed by atoms with van der Waals surface area (Å²) in [6.45, 7) is 10.1. The van der Waals surface area contributed by atoms with Gasteiger partial charge in [-0.1, -0.05) is 63.2 Å². The number of urea groups is 1. The molecule has 0 saturated heterocycles. The van der Waals surface area contributed by atoms with Gasteiger partial charge in [0.05, 0.1) is 29.8 Å². The molecular weight excluding hydrogens is 558 g/mol. The number of rotatable bonds is 8. The molecule has 8 nitrogen and oxygen atoms in total. The average Bonchev–Trinajstić information content (AvgIpc) is 3.46. The van der Waals surface area contributed by atoms with E-state index in [9.17, 15) is 4.79 Å². The van der Waals surface area contributed by atoms with Gasteiger partial charge in [0.2, 0.25) is 0 Å². The van der Waals surface area contributed by atoms with Gasteiger partial charge in [-0.25, -0.2) is 14.0 Å². The third-order valence-corrected chi connectivity index (χ3v) is 8.30. The Morgan fingerprint density at radius 2 is 1.78 bits per heavy atom. The minimum atomic E-state index is -0.327. The van der Waals surface area contributed by atoms with Gasteiger partial charge in [-0.2, -0.15) is 5.10 Å². The molecule has 1 aliphatic rings. The van der Waals surface area contributed by atoms with Crippen molar-refractivity contribution in [2.75, 3.05) is 17.2 Å². The minimum Gasteiger partial charge on any atom is -0.307 e. The van der Waals surface area contributed by atoms with Crippen LogP contribution in [0, 0.1) is 6.92 Å². The van der Waals surface area contributed by atoms with Crippen molar-refractivity contribution in [3.63, 3.8) is 0 Å². The maximum Gasteiger partial charge on any atom is 0.324 e. The molecule has 0 radical (unpaired) electrons. The van der Waals surface area contributed by atoms with Crippen LogP contribution in [0.5, 0.6) is 0 Å². The molecule has 3 N–H and O–H groups in total. The van der Waals surface area contributed by atoms with E-state index in [2.05, 4.69) is 101 Å². The summed E-state index contributed by atoms with van der Waals surface area (Å²) in [6, 6.07) is 24.5. The topological polar surface area (TPSA) is 87.8 Å². The first kappa shape index (κ1) is 30.2. The quantitative estimate of drug-likeness (QED) is 0.165. The SMILES string of the molecule is Cc1ccc(-n2nc(C(C)(C)C)cc2NC(=O)Nc2ccc(C3=CC(NCC[n+]4ccccc4)CCC3)c3ccccc23)cn1. The normalized spacial score (nSPS) is 15.1. The molecular formula is C37H42N7O+. The number of fused-ring (bicyclic) bond motifs is 1. The fourth-order valence-electron chi connectivity index (χ4n) is 5.85. The second-order valence-electron chi connectivity index (χ2n) is 12.8. The van der Waals surface area contributed by atoms with Gasteiger partial charge in [-0.3, -0.25) is 10.3 Å². The number of hydrogen-bond donors (Lipinski definition) is 3. The van der Waals surface area contributed by atoms with Gasteiger partial charge in [0.15, 0.2) is 18.9 Å². The Morgan fingerprint density at radius 3 is 2.53 bits per heavy atom. The highest BCUT2D eigenvalue weighted by Gasteiger charge is 2.22. The van der Waals surface area contributed by atoms with E-state index in [-0.39, 0.29) is 11.4 Å². The monoisotopic (exact) mass is 600 g/mol. The van der Waals surface area contributed by atoms with Crippen molar-refractivity contribution >= 4 is 33.9 Å². The van der Waals surface area contributed by atoms with Crippen LogP contribution in [0.3, 0.4) is 0 Å². The van der Waals surface area contributed by atoms with Crippen molar-refractivity contribution in [1.82, 2.24) is 20.1 Å². The molecule has 2 amide bonds. The molecule has 3 aromatic heterocycles. The van der Waals surface area contributed by atoms with Crippen LogP contribution in [-0.2, 0) is 12.0 Å². The van der Waals surface area contributed by atoms with Gasteiger partial charge < -0.3 is 10.6 Å². The maximum absolute atomic E-state index is 13.5. The molecule has 0 bridgehead atoms. The molecule has 1 unspecified atom stereocenters. The van der Waals surface area contributed by atoms with Crippen molar-refractivity contribution in [3.05, 3.63) is 114 Å². The largest absolute Gasteiger partial charge is 0.324 e. The van der Waals surface area contributed by atoms with Crippen LogP contribution in [0.15, 0.2) is 97.5 Å². The second kappa shape index (κ2) is 13.0. The Bertz CT molecular complexity index is 1820. The summed E-state index contributed by atoms with van der Waals surface area (Å²) in [4.78, 5) is 17.9. The van der Waals surface area contributed by atoms with Crippen molar-refractivity contribution in [2.45, 2.75) is 65.0 Å². The Morgan fingerprint density at radius 1 is 0.978 bits per heavy atom. The summed E-state index contributed by atoms with van der Waals surface area (Å²) >= 11 is 0. The number of anilines is 2. The van der Waals surface area contributed by atoms with E-state index in [1.165, 1.54) is 11.1 Å². The smallest absolute Gasteiger partial charge is 0.307 e. The summed E-state index contributed by atoms with van der Waals surface area (Å²) in [5.41, 5.74) is 5.73. The van der Waals surface area contributed by atoms with Crippen molar-refractivity contribution in [2.24, 2.45) is 0 Å². The third kappa shape index (κ3) is 7.13. The summed E-state index contributed by atoms with van der Waals surface area (Å²) in [6.07, 6.45) is 11.7. The van der Waals surface area contributed by atoms with Crippen LogP contribution in [0.4, 0.5) is 16.3 Å². The summed E-state index contributed by atoms with van der Waals surface area (Å²) in [7, 11) is 0. The molecule has 0 fully saturated rings. The van der Waals surface area contributed by atoms with Crippen LogP contribution >= 0.6 is 0 Å². The zero-order valence-corrected chi connectivity index (χ0v) is 26.5. The highest BCUT2D eigenvalue weighted by Crippen LogP contribution is 2.35. The standard InChI is InChI=1S/C37H41N7O/c1-26-15-16-29(25-39-26)44-35(24-34(42-44)37(2,3)4)41-36(45)40-33-18-17-30(31-13-6-7-14-32(31)33)27-11-10-12-28(23-27)38-19-22-43-20-8-5-9-21-43/h5-9,13-18,20-21,23-25,28,38H,10-12,19,22H2,1-4H3,(H-,40,41,42,45)/p+1. The highest BCUT2D eigenvalue weighted by molar-refractivity contribution is 6.08. The van der Waals surface area contributed by atoms with E-state index < -0.39 is 0 Å². The van der Waals surface area contributed by atoms with E-state index in [0.29, 0.717) is 11.9 Å². The first-order valence-corrected chi connectivity index (χ1v) is 15.8. The zero-order chi connectivity index (χ0) is 31.4. The van der Waals surface area contributed by atoms with Crippen LogP contribution in [-0.4, -0.2) is 33.4 Å². The highest BCUT2D eigenvalue weighted by atomic mass is 16.2. The number of hydrogen-bond acceptors (Lipinski definition) is 4. The van der Waals surface area contributed by atoms with E-state index in [1.807, 2.05) is 43.3 Å². The van der Waals surface area contributed by atoms with Crippen molar-refractivity contribution in [3.8, 4) is 5.69 Å². The number of benzene rings is 2. The molecule has 45 heavy (non-hydrogen) atoms. The van der Waals surface area contributed by atoms with Crippen LogP contribution < -0.4 is 20.5 Å². The summed E-state index contributed by atoms with van der Waals surface area (Å²) in [5.74, 6) is 0.584. The lowest BCUT2D eigenvalue weighted by molar-refractivity contribution is -0.695. The molecule has 0 saturated carbocycles. The average molecular weight is 601 g/mol. The van der Waals surface area contributed by atoms with Crippen molar-refractivity contribution < 1.29 is 9.36 Å². The van der Waals surface area contributed by atoms with Gasteiger partial charge in [-0.15, -0.1) is 0 Å².